The summed E-state index contributed by atoms with van der Waals surface area (Å²) in [7, 11) is 0. The van der Waals surface area contributed by atoms with E-state index >= 15 is 0 Å². The average Bonchev–Trinajstić information content (AvgIpc) is 3.15. The SMILES string of the molecule is O=C(C[N+]12CCC(CC1)C(OC(=O)C1(O)c3ccccc3-c3ccccc31)C2)Nc1cnccn1.[Br-]. The summed E-state index contributed by atoms with van der Waals surface area (Å²) in [5.74, 6) is -0.118. The molecule has 1 aliphatic carbocycles. The summed E-state index contributed by atoms with van der Waals surface area (Å²) in [5, 5.41) is 14.6. The number of benzene rings is 2. The zero-order valence-electron chi connectivity index (χ0n) is 19.6. The first-order valence-corrected chi connectivity index (χ1v) is 12.0. The van der Waals surface area contributed by atoms with Crippen LogP contribution in [0, 0.1) is 5.92 Å². The quantitative estimate of drug-likeness (QED) is 0.327. The van der Waals surface area contributed by atoms with E-state index in [9.17, 15) is 14.7 Å². The second-order valence-electron chi connectivity index (χ2n) is 9.85. The van der Waals surface area contributed by atoms with Crippen LogP contribution in [0.2, 0.25) is 0 Å². The van der Waals surface area contributed by atoms with Crippen LogP contribution < -0.4 is 22.3 Å². The lowest BCUT2D eigenvalue weighted by atomic mass is 9.82. The number of piperidine rings is 3. The molecule has 36 heavy (non-hydrogen) atoms. The third-order valence-electron chi connectivity index (χ3n) is 7.83. The normalized spacial score (nSPS) is 24.7. The van der Waals surface area contributed by atoms with Crippen molar-refractivity contribution in [1.82, 2.24) is 9.97 Å². The maximum Gasteiger partial charge on any atom is 0.348 e. The summed E-state index contributed by atoms with van der Waals surface area (Å²) in [4.78, 5) is 34.5. The fourth-order valence-corrected chi connectivity index (χ4v) is 6.08. The molecule has 3 saturated heterocycles. The van der Waals surface area contributed by atoms with Gasteiger partial charge in [0.1, 0.15) is 6.54 Å². The Labute approximate surface area is 219 Å². The summed E-state index contributed by atoms with van der Waals surface area (Å²) in [6, 6.07) is 14.9. The van der Waals surface area contributed by atoms with E-state index in [1.54, 1.807) is 18.3 Å². The van der Waals surface area contributed by atoms with Gasteiger partial charge in [0.05, 0.1) is 19.3 Å². The van der Waals surface area contributed by atoms with Crippen LogP contribution in [0.3, 0.4) is 0 Å². The first kappa shape index (κ1) is 24.5. The van der Waals surface area contributed by atoms with Crippen LogP contribution in [0.25, 0.3) is 11.1 Å². The lowest BCUT2D eigenvalue weighted by Gasteiger charge is -2.51. The summed E-state index contributed by atoms with van der Waals surface area (Å²) in [6.45, 7) is 2.57. The van der Waals surface area contributed by atoms with E-state index in [1.807, 2.05) is 36.4 Å². The van der Waals surface area contributed by atoms with E-state index in [-0.39, 0.29) is 41.5 Å². The molecular formula is C27H27BrN4O4. The second kappa shape index (κ2) is 9.38. The third-order valence-corrected chi connectivity index (χ3v) is 7.83. The van der Waals surface area contributed by atoms with Crippen LogP contribution in [-0.4, -0.2) is 63.7 Å². The summed E-state index contributed by atoms with van der Waals surface area (Å²) >= 11 is 0. The maximum absolute atomic E-state index is 13.6. The van der Waals surface area contributed by atoms with Crippen molar-refractivity contribution < 1.29 is 40.9 Å². The highest BCUT2D eigenvalue weighted by molar-refractivity contribution is 5.96. The smallest absolute Gasteiger partial charge is 0.348 e. The van der Waals surface area contributed by atoms with Crippen molar-refractivity contribution in [1.29, 1.82) is 0 Å². The van der Waals surface area contributed by atoms with Crippen molar-refractivity contribution in [2.75, 3.05) is 31.5 Å². The number of esters is 1. The van der Waals surface area contributed by atoms with Crippen LogP contribution in [0.4, 0.5) is 5.82 Å². The van der Waals surface area contributed by atoms with Gasteiger partial charge in [-0.3, -0.25) is 9.78 Å². The highest BCUT2D eigenvalue weighted by Gasteiger charge is 2.53. The Hall–Kier alpha value is -3.14. The van der Waals surface area contributed by atoms with Crippen molar-refractivity contribution in [3.8, 4) is 11.1 Å². The number of nitrogens with one attached hydrogen (secondary N) is 1. The van der Waals surface area contributed by atoms with Crippen molar-refractivity contribution in [2.45, 2.75) is 24.5 Å². The molecule has 1 atom stereocenters. The number of amides is 1. The van der Waals surface area contributed by atoms with Gasteiger partial charge in [-0.1, -0.05) is 48.5 Å². The first-order valence-electron chi connectivity index (χ1n) is 12.0. The Bertz CT molecular complexity index is 1250. The number of aromatic nitrogens is 2. The zero-order valence-corrected chi connectivity index (χ0v) is 21.2. The number of hydrogen-bond acceptors (Lipinski definition) is 6. The Morgan fingerprint density at radius 3 is 2.28 bits per heavy atom. The molecule has 1 unspecified atom stereocenters. The summed E-state index contributed by atoms with van der Waals surface area (Å²) in [6.07, 6.45) is 6.01. The molecule has 4 aliphatic rings. The molecule has 3 aliphatic heterocycles. The van der Waals surface area contributed by atoms with Gasteiger partial charge in [0.25, 0.3) is 5.91 Å². The standard InChI is InChI=1S/C27H26N4O4.BrH/c32-25(30-24-15-28-11-12-29-24)17-31-13-9-18(10-14-31)23(16-31)35-26(33)27(34)21-7-3-1-5-19(21)20-6-2-4-8-22(20)27;/h1-8,11-12,15,18,23,34H,9-10,13-14,16-17H2;1H. The Morgan fingerprint density at radius 2 is 1.67 bits per heavy atom. The number of nitrogens with zero attached hydrogens (tertiary/aromatic N) is 3. The van der Waals surface area contributed by atoms with Gasteiger partial charge in [0, 0.05) is 42.3 Å². The number of fused-ring (bicyclic) bond motifs is 6. The van der Waals surface area contributed by atoms with Gasteiger partial charge in [-0.15, -0.1) is 0 Å². The zero-order chi connectivity index (χ0) is 24.0. The van der Waals surface area contributed by atoms with Crippen molar-refractivity contribution in [2.24, 2.45) is 5.92 Å². The van der Waals surface area contributed by atoms with Crippen LogP contribution in [0.1, 0.15) is 24.0 Å². The Kier molecular flexibility index (Phi) is 6.40. The molecule has 2 bridgehead atoms. The largest absolute Gasteiger partial charge is 1.00 e. The van der Waals surface area contributed by atoms with Crippen LogP contribution >= 0.6 is 0 Å². The molecule has 1 aromatic heterocycles. The number of hydrogen-bond donors (Lipinski definition) is 2. The first-order chi connectivity index (χ1) is 17.0. The van der Waals surface area contributed by atoms with Gasteiger partial charge in [0.15, 0.2) is 18.5 Å². The van der Waals surface area contributed by atoms with Gasteiger partial charge in [0.2, 0.25) is 5.60 Å². The van der Waals surface area contributed by atoms with Gasteiger partial charge in [-0.05, 0) is 11.1 Å². The highest BCUT2D eigenvalue weighted by Crippen LogP contribution is 2.48. The van der Waals surface area contributed by atoms with E-state index in [0.717, 1.165) is 37.1 Å². The molecule has 2 N–H and O–H groups in total. The second-order valence-corrected chi connectivity index (χ2v) is 9.85. The highest BCUT2D eigenvalue weighted by atomic mass is 79.9. The Morgan fingerprint density at radius 1 is 1.03 bits per heavy atom. The fraction of sp³-hybridized carbons (Fsp3) is 0.333. The molecule has 7 rings (SSSR count). The summed E-state index contributed by atoms with van der Waals surface area (Å²) in [5.41, 5.74) is 0.966. The van der Waals surface area contributed by atoms with E-state index in [1.165, 1.54) is 12.4 Å². The molecule has 3 fully saturated rings. The molecule has 186 valence electrons. The van der Waals surface area contributed by atoms with Gasteiger partial charge in [-0.25, -0.2) is 9.78 Å². The van der Waals surface area contributed by atoms with Gasteiger partial charge in [-0.2, -0.15) is 0 Å². The molecule has 3 aromatic rings. The van der Waals surface area contributed by atoms with E-state index in [0.29, 0.717) is 28.0 Å². The van der Waals surface area contributed by atoms with E-state index in [2.05, 4.69) is 15.3 Å². The molecule has 0 radical (unpaired) electrons. The van der Waals surface area contributed by atoms with Crippen LogP contribution in [0.15, 0.2) is 67.1 Å². The molecule has 8 nitrogen and oxygen atoms in total. The molecular weight excluding hydrogens is 524 g/mol. The topological polar surface area (TPSA) is 101 Å². The minimum absolute atomic E-state index is 0. The number of carbonyl (C=O) groups is 2. The van der Waals surface area contributed by atoms with E-state index in [4.69, 9.17) is 4.74 Å². The monoisotopic (exact) mass is 550 g/mol. The molecule has 0 saturated carbocycles. The number of aliphatic hydroxyl groups is 1. The fourth-order valence-electron chi connectivity index (χ4n) is 6.08. The minimum atomic E-state index is -1.84. The number of quaternary nitrogens is 1. The maximum atomic E-state index is 13.6. The molecule has 1 amide bonds. The lowest BCUT2D eigenvalue weighted by Crippen LogP contribution is -3.00. The predicted molar refractivity (Wildman–Crippen MR) is 128 cm³/mol. The number of ether oxygens (including phenoxy) is 1. The number of carbonyl (C=O) groups excluding carboxylic acids is 2. The molecule has 2 aromatic carbocycles. The minimum Gasteiger partial charge on any atom is -1.00 e. The number of halogens is 1. The van der Waals surface area contributed by atoms with Gasteiger partial charge < -0.3 is 36.6 Å². The predicted octanol–water partition coefficient (Wildman–Crippen LogP) is -0.512. The lowest BCUT2D eigenvalue weighted by molar-refractivity contribution is -0.939. The van der Waals surface area contributed by atoms with E-state index < -0.39 is 11.6 Å². The molecule has 4 heterocycles. The summed E-state index contributed by atoms with van der Waals surface area (Å²) < 4.78 is 6.65. The van der Waals surface area contributed by atoms with Crippen molar-refractivity contribution >= 4 is 17.7 Å². The number of rotatable bonds is 5. The number of anilines is 1. The van der Waals surface area contributed by atoms with Crippen molar-refractivity contribution in [3.63, 3.8) is 0 Å². The van der Waals surface area contributed by atoms with Gasteiger partial charge >= 0.3 is 5.97 Å². The molecule has 0 spiro atoms. The Balaban J connectivity index is 0.00000267. The van der Waals surface area contributed by atoms with Crippen molar-refractivity contribution in [3.05, 3.63) is 78.2 Å². The molecule has 9 heteroatoms. The van der Waals surface area contributed by atoms with Crippen LogP contribution in [-0.2, 0) is 19.9 Å². The average molecular weight is 551 g/mol. The van der Waals surface area contributed by atoms with Crippen LogP contribution in [0.5, 0.6) is 0 Å². The third kappa shape index (κ3) is 4.01.